The van der Waals surface area contributed by atoms with Crippen LogP contribution in [0, 0.1) is 0 Å². The van der Waals surface area contributed by atoms with Crippen LogP contribution in [0.2, 0.25) is 0 Å². The first-order chi connectivity index (χ1) is 11.2. The maximum absolute atomic E-state index is 12.4. The maximum atomic E-state index is 12.4. The maximum Gasteiger partial charge on any atom is 0.425 e. The summed E-state index contributed by atoms with van der Waals surface area (Å²) in [5.41, 5.74) is 4.04. The molecule has 1 aromatic rings. The number of carbonyl (C=O) groups is 1. The number of unbranched alkanes of at least 4 members (excludes halogenated alkanes) is 3. The van der Waals surface area contributed by atoms with Gasteiger partial charge in [0.05, 0.1) is 0 Å². The highest BCUT2D eigenvalue weighted by atomic mass is 127. The second kappa shape index (κ2) is 12.5. The Hall–Kier alpha value is -0.910. The third kappa shape index (κ3) is 8.49. The smallest absolute Gasteiger partial charge is 0.425 e. The number of halogens is 1. The average Bonchev–Trinajstić information content (AvgIpc) is 2.57. The molecule has 3 nitrogen and oxygen atoms in total. The highest BCUT2D eigenvalue weighted by Crippen LogP contribution is 2.25. The molecule has 0 aliphatic rings. The number of nitrogens with zero attached hydrogens (tertiary/aromatic N) is 1. The molecule has 1 aromatic carbocycles. The minimum Gasteiger partial charge on any atom is -0.444 e. The monoisotopic (exact) mass is 445 g/mol. The Morgan fingerprint density at radius 3 is 2.70 bits per heavy atom. The molecule has 0 fully saturated rings. The number of carbonyl (C=O) groups excluding carboxylic acids is 1. The first kappa shape index (κ1) is 20.1. The second-order valence-electron chi connectivity index (χ2n) is 4.95. The van der Waals surface area contributed by atoms with Gasteiger partial charge in [-0.15, -0.1) is 0 Å². The van der Waals surface area contributed by atoms with Crippen LogP contribution in [-0.2, 0) is 11.3 Å². The number of rotatable bonds is 9. The zero-order chi connectivity index (χ0) is 16.9. The van der Waals surface area contributed by atoms with E-state index in [1.54, 1.807) is 10.4 Å². The van der Waals surface area contributed by atoms with Gasteiger partial charge in [-0.2, -0.15) is 0 Å². The van der Waals surface area contributed by atoms with E-state index in [1.165, 1.54) is 31.2 Å². The minimum atomic E-state index is -0.340. The lowest BCUT2D eigenvalue weighted by Crippen LogP contribution is -2.22. The van der Waals surface area contributed by atoms with Gasteiger partial charge in [-0.25, -0.2) is 9.10 Å². The topological polar surface area (TPSA) is 29.5 Å². The summed E-state index contributed by atoms with van der Waals surface area (Å²) in [6, 6.07) is 9.71. The summed E-state index contributed by atoms with van der Waals surface area (Å²) in [5, 5.41) is 0. The van der Waals surface area contributed by atoms with E-state index in [1.807, 2.05) is 37.3 Å². The molecule has 0 bridgehead atoms. The van der Waals surface area contributed by atoms with Crippen molar-refractivity contribution in [3.63, 3.8) is 0 Å². The summed E-state index contributed by atoms with van der Waals surface area (Å²) in [5.74, 6) is 0.901. The van der Waals surface area contributed by atoms with Gasteiger partial charge in [0.1, 0.15) is 10.3 Å². The van der Waals surface area contributed by atoms with E-state index in [4.69, 9.17) is 4.74 Å². The minimum absolute atomic E-state index is 0.284. The van der Waals surface area contributed by atoms with Gasteiger partial charge in [-0.3, -0.25) is 0 Å². The van der Waals surface area contributed by atoms with E-state index in [9.17, 15) is 4.79 Å². The lowest BCUT2D eigenvalue weighted by molar-refractivity contribution is 0.129. The number of allylic oxidation sites excluding steroid dienone is 1. The van der Waals surface area contributed by atoms with E-state index >= 15 is 0 Å². The van der Waals surface area contributed by atoms with Gasteiger partial charge in [0.25, 0.3) is 0 Å². The SMILES string of the molecule is CC=C=C(I)N(SCCCCCC)C(=O)OCc1ccccc1. The molecule has 0 radical (unpaired) electrons. The van der Waals surface area contributed by atoms with Crippen molar-refractivity contribution in [3.8, 4) is 0 Å². The number of hydrogen-bond donors (Lipinski definition) is 0. The highest BCUT2D eigenvalue weighted by molar-refractivity contribution is 14.1. The summed E-state index contributed by atoms with van der Waals surface area (Å²) in [4.78, 5) is 12.4. The average molecular weight is 445 g/mol. The summed E-state index contributed by atoms with van der Waals surface area (Å²) in [7, 11) is 0. The van der Waals surface area contributed by atoms with Crippen molar-refractivity contribution < 1.29 is 9.53 Å². The Labute approximate surface area is 157 Å². The van der Waals surface area contributed by atoms with Gasteiger partial charge in [-0.05, 0) is 59.5 Å². The van der Waals surface area contributed by atoms with E-state index in [0.29, 0.717) is 0 Å². The third-order valence-electron chi connectivity index (χ3n) is 3.03. The molecule has 0 atom stereocenters. The lowest BCUT2D eigenvalue weighted by atomic mass is 10.2. The molecule has 0 aliphatic heterocycles. The largest absolute Gasteiger partial charge is 0.444 e. The van der Waals surface area contributed by atoms with Crippen molar-refractivity contribution in [3.05, 3.63) is 51.4 Å². The fraction of sp³-hybridized carbons (Fsp3) is 0.444. The molecule has 1 amide bonds. The van der Waals surface area contributed by atoms with E-state index in [0.717, 1.165) is 21.4 Å². The molecule has 0 heterocycles. The van der Waals surface area contributed by atoms with Crippen LogP contribution in [0.15, 0.2) is 45.8 Å². The molecule has 0 aromatic heterocycles. The van der Waals surface area contributed by atoms with Crippen LogP contribution in [0.5, 0.6) is 0 Å². The van der Waals surface area contributed by atoms with E-state index in [-0.39, 0.29) is 12.7 Å². The normalized spacial score (nSPS) is 9.87. The van der Waals surface area contributed by atoms with Gasteiger partial charge in [-0.1, -0.05) is 62.2 Å². The Bertz CT molecular complexity index is 527. The number of benzene rings is 1. The molecule has 0 saturated heterocycles. The number of hydrogen-bond acceptors (Lipinski definition) is 3. The Morgan fingerprint density at radius 1 is 1.30 bits per heavy atom. The van der Waals surface area contributed by atoms with Gasteiger partial charge in [0.15, 0.2) is 0 Å². The predicted molar refractivity (Wildman–Crippen MR) is 106 cm³/mol. The molecule has 0 saturated carbocycles. The second-order valence-corrected chi connectivity index (χ2v) is 7.01. The summed E-state index contributed by atoms with van der Waals surface area (Å²) < 4.78 is 7.75. The van der Waals surface area contributed by atoms with Crippen molar-refractivity contribution in [1.29, 1.82) is 0 Å². The molecule has 1 rings (SSSR count). The molecule has 5 heteroatoms. The van der Waals surface area contributed by atoms with Crippen molar-refractivity contribution in [2.75, 3.05) is 5.75 Å². The van der Waals surface area contributed by atoms with Gasteiger partial charge < -0.3 is 4.74 Å². The van der Waals surface area contributed by atoms with Crippen molar-refractivity contribution in [1.82, 2.24) is 4.31 Å². The third-order valence-corrected chi connectivity index (χ3v) is 5.21. The molecular weight excluding hydrogens is 421 g/mol. The van der Waals surface area contributed by atoms with Gasteiger partial charge >= 0.3 is 6.09 Å². The Kier molecular flexibility index (Phi) is 10.9. The molecule has 23 heavy (non-hydrogen) atoms. The van der Waals surface area contributed by atoms with E-state index in [2.05, 4.69) is 35.2 Å². The van der Waals surface area contributed by atoms with Crippen LogP contribution < -0.4 is 0 Å². The van der Waals surface area contributed by atoms with Crippen molar-refractivity contribution in [2.24, 2.45) is 0 Å². The molecule has 0 unspecified atom stereocenters. The lowest BCUT2D eigenvalue weighted by Gasteiger charge is -2.19. The zero-order valence-electron chi connectivity index (χ0n) is 13.8. The number of ether oxygens (including phenoxy) is 1. The highest BCUT2D eigenvalue weighted by Gasteiger charge is 2.18. The zero-order valence-corrected chi connectivity index (χ0v) is 16.7. The first-order valence-corrected chi connectivity index (χ1v) is 9.91. The predicted octanol–water partition coefficient (Wildman–Crippen LogP) is 6.31. The molecule has 0 spiro atoms. The number of amides is 1. The van der Waals surface area contributed by atoms with Crippen LogP contribution in [0.1, 0.15) is 45.1 Å². The van der Waals surface area contributed by atoms with Crippen molar-refractivity contribution >= 4 is 40.6 Å². The van der Waals surface area contributed by atoms with Crippen LogP contribution in [0.4, 0.5) is 4.79 Å². The van der Waals surface area contributed by atoms with Gasteiger partial charge in [0, 0.05) is 5.75 Å². The quantitative estimate of drug-likeness (QED) is 0.147. The Morgan fingerprint density at radius 2 is 2.04 bits per heavy atom. The summed E-state index contributed by atoms with van der Waals surface area (Å²) >= 11 is 3.62. The summed E-state index contributed by atoms with van der Waals surface area (Å²) in [6.45, 7) is 4.36. The van der Waals surface area contributed by atoms with Crippen LogP contribution in [0.3, 0.4) is 0 Å². The van der Waals surface area contributed by atoms with Crippen LogP contribution >= 0.6 is 34.5 Å². The van der Waals surface area contributed by atoms with Gasteiger partial charge in [0.2, 0.25) is 0 Å². The molecule has 126 valence electrons. The molecular formula is C18H24INO2S. The fourth-order valence-corrected chi connectivity index (χ4v) is 3.60. The van der Waals surface area contributed by atoms with E-state index < -0.39 is 0 Å². The Balaban J connectivity index is 2.56. The first-order valence-electron chi connectivity index (χ1n) is 7.89. The van der Waals surface area contributed by atoms with Crippen LogP contribution in [-0.4, -0.2) is 16.2 Å². The summed E-state index contributed by atoms with van der Waals surface area (Å²) in [6.07, 6.45) is 6.20. The molecule has 0 aliphatic carbocycles. The molecule has 0 N–H and O–H groups in total. The fourth-order valence-electron chi connectivity index (χ4n) is 1.83. The van der Waals surface area contributed by atoms with Crippen molar-refractivity contribution in [2.45, 2.75) is 46.1 Å². The van der Waals surface area contributed by atoms with Crippen LogP contribution in [0.25, 0.3) is 0 Å². The standard InChI is InChI=1S/C18H24INO2S/c1-3-5-6-10-14-23-20(17(19)11-4-2)18(21)22-15-16-12-8-7-9-13-16/h4,7-9,12-13H,3,5-6,10,14-15H2,1-2H3.